The van der Waals surface area contributed by atoms with Gasteiger partial charge >= 0.3 is 5.97 Å². The van der Waals surface area contributed by atoms with Crippen molar-refractivity contribution in [3.8, 4) is 5.75 Å². The number of halogens is 1. The molecule has 1 aliphatic heterocycles. The van der Waals surface area contributed by atoms with Gasteiger partial charge in [0.25, 0.3) is 0 Å². The Balaban J connectivity index is 1.68. The molecule has 0 aliphatic carbocycles. The Kier molecular flexibility index (Phi) is 3.87. The van der Waals surface area contributed by atoms with Gasteiger partial charge in [-0.15, -0.1) is 0 Å². The molecule has 138 valence electrons. The summed E-state index contributed by atoms with van der Waals surface area (Å²) < 4.78 is 20.6. The van der Waals surface area contributed by atoms with E-state index in [4.69, 9.17) is 15.7 Å². The molecule has 9 nitrogen and oxygen atoms in total. The second-order valence-electron chi connectivity index (χ2n) is 6.12. The number of ether oxygens (including phenoxy) is 1. The van der Waals surface area contributed by atoms with Crippen molar-refractivity contribution in [1.29, 1.82) is 0 Å². The molecule has 1 atom stereocenters. The normalized spacial score (nSPS) is 14.9. The zero-order chi connectivity index (χ0) is 19.1. The van der Waals surface area contributed by atoms with Crippen LogP contribution in [0.5, 0.6) is 5.75 Å². The van der Waals surface area contributed by atoms with Crippen LogP contribution in [0.15, 0.2) is 35.7 Å². The van der Waals surface area contributed by atoms with E-state index in [0.717, 1.165) is 0 Å². The second-order valence-corrected chi connectivity index (χ2v) is 6.12. The number of amidine groups is 1. The third-order valence-electron chi connectivity index (χ3n) is 4.29. The van der Waals surface area contributed by atoms with Gasteiger partial charge in [-0.1, -0.05) is 5.16 Å². The first-order valence-electron chi connectivity index (χ1n) is 8.08. The van der Waals surface area contributed by atoms with Crippen molar-refractivity contribution >= 4 is 23.3 Å². The predicted molar refractivity (Wildman–Crippen MR) is 93.3 cm³/mol. The highest BCUT2D eigenvalue weighted by Gasteiger charge is 2.27. The molecule has 1 aliphatic rings. The van der Waals surface area contributed by atoms with E-state index in [1.807, 2.05) is 0 Å². The van der Waals surface area contributed by atoms with Gasteiger partial charge in [0, 0.05) is 17.3 Å². The lowest BCUT2D eigenvalue weighted by molar-refractivity contribution is -0.131. The Hall–Kier alpha value is -3.69. The Labute approximate surface area is 152 Å². The van der Waals surface area contributed by atoms with E-state index < -0.39 is 17.8 Å². The highest BCUT2D eigenvalue weighted by molar-refractivity contribution is 6.02. The number of anilines is 1. The van der Waals surface area contributed by atoms with Gasteiger partial charge in [-0.25, -0.2) is 13.9 Å². The Morgan fingerprint density at radius 2 is 2.33 bits per heavy atom. The van der Waals surface area contributed by atoms with E-state index in [-0.39, 0.29) is 12.3 Å². The van der Waals surface area contributed by atoms with Gasteiger partial charge in [-0.2, -0.15) is 5.10 Å². The number of esters is 1. The van der Waals surface area contributed by atoms with Gasteiger partial charge in [0.05, 0.1) is 24.2 Å². The lowest BCUT2D eigenvalue weighted by atomic mass is 10.0. The number of aromatic nitrogens is 3. The van der Waals surface area contributed by atoms with Gasteiger partial charge < -0.3 is 21.0 Å². The zero-order valence-corrected chi connectivity index (χ0v) is 14.2. The Bertz CT molecular complexity index is 1090. The smallest absolute Gasteiger partial charge is 0.315 e. The Morgan fingerprint density at radius 1 is 1.52 bits per heavy atom. The zero-order valence-electron chi connectivity index (χ0n) is 14.2. The van der Waals surface area contributed by atoms with Crippen LogP contribution in [0, 0.1) is 5.82 Å². The largest absolute Gasteiger partial charge is 0.426 e. The topological polar surface area (TPSA) is 127 Å². The molecule has 0 spiro atoms. The molecule has 1 aromatic carbocycles. The van der Waals surface area contributed by atoms with Crippen LogP contribution in [0.4, 0.5) is 10.2 Å². The van der Waals surface area contributed by atoms with E-state index in [9.17, 15) is 9.18 Å². The van der Waals surface area contributed by atoms with Crippen LogP contribution in [0.1, 0.15) is 29.7 Å². The summed E-state index contributed by atoms with van der Waals surface area (Å²) in [5.41, 5.74) is 7.43. The molecule has 3 heterocycles. The van der Waals surface area contributed by atoms with E-state index in [2.05, 4.69) is 20.6 Å². The summed E-state index contributed by atoms with van der Waals surface area (Å²) in [4.78, 5) is 16.0. The summed E-state index contributed by atoms with van der Waals surface area (Å²) in [5, 5.41) is 19.1. The second kappa shape index (κ2) is 6.24. The molecular weight excluding hydrogens is 355 g/mol. The summed E-state index contributed by atoms with van der Waals surface area (Å²) in [7, 11) is 0. The summed E-state index contributed by atoms with van der Waals surface area (Å²) >= 11 is 0. The van der Waals surface area contributed by atoms with Crippen molar-refractivity contribution < 1.29 is 19.1 Å². The lowest BCUT2D eigenvalue weighted by Gasteiger charge is -2.17. The fraction of sp³-hybridized carbons (Fsp3) is 0.176. The van der Waals surface area contributed by atoms with Crippen LogP contribution in [0.2, 0.25) is 0 Å². The molecule has 0 unspecified atom stereocenters. The molecule has 0 saturated carbocycles. The first-order valence-corrected chi connectivity index (χ1v) is 8.08. The van der Waals surface area contributed by atoms with Crippen molar-refractivity contribution in [1.82, 2.24) is 14.6 Å². The lowest BCUT2D eigenvalue weighted by Crippen LogP contribution is -2.14. The fourth-order valence-corrected chi connectivity index (χ4v) is 3.04. The van der Waals surface area contributed by atoms with Crippen molar-refractivity contribution in [2.75, 3.05) is 5.32 Å². The van der Waals surface area contributed by atoms with Crippen molar-refractivity contribution in [2.24, 2.45) is 10.9 Å². The van der Waals surface area contributed by atoms with E-state index in [1.54, 1.807) is 19.2 Å². The minimum atomic E-state index is -0.441. The maximum Gasteiger partial charge on any atom is 0.315 e. The summed E-state index contributed by atoms with van der Waals surface area (Å²) in [6, 6.07) is 3.91. The van der Waals surface area contributed by atoms with Gasteiger partial charge in [-0.3, -0.25) is 4.79 Å². The third kappa shape index (κ3) is 2.90. The van der Waals surface area contributed by atoms with Gasteiger partial charge in [-0.05, 0) is 25.1 Å². The van der Waals surface area contributed by atoms with Crippen molar-refractivity contribution in [2.45, 2.75) is 19.4 Å². The highest BCUT2D eigenvalue weighted by atomic mass is 19.1. The first kappa shape index (κ1) is 16.8. The standard InChI is InChI=1S/C17H15FN6O3/c1-8(11-6-10(18)4-9-5-14(25)27-15(9)11)21-13-2-3-24-17(22-13)12(7-20-24)16(19)23-26/h2-4,6-8,26H,5H2,1H3,(H2,19,23)(H,21,22)/t8-/m1/s1. The minimum absolute atomic E-state index is 0.0516. The number of oxime groups is 1. The molecule has 0 amide bonds. The van der Waals surface area contributed by atoms with Crippen molar-refractivity contribution in [3.63, 3.8) is 0 Å². The van der Waals surface area contributed by atoms with E-state index in [0.29, 0.717) is 33.9 Å². The van der Waals surface area contributed by atoms with Crippen LogP contribution in [0.3, 0.4) is 0 Å². The molecule has 4 N–H and O–H groups in total. The number of nitrogens with zero attached hydrogens (tertiary/aromatic N) is 4. The van der Waals surface area contributed by atoms with Crippen LogP contribution in [-0.4, -0.2) is 31.6 Å². The van der Waals surface area contributed by atoms with Gasteiger partial charge in [0.15, 0.2) is 11.5 Å². The van der Waals surface area contributed by atoms with E-state index in [1.165, 1.54) is 22.8 Å². The maximum atomic E-state index is 13.9. The number of rotatable bonds is 4. The van der Waals surface area contributed by atoms with Gasteiger partial charge in [0.1, 0.15) is 17.4 Å². The highest BCUT2D eigenvalue weighted by Crippen LogP contribution is 2.36. The molecule has 0 saturated heterocycles. The average molecular weight is 370 g/mol. The van der Waals surface area contributed by atoms with Crippen LogP contribution in [0.25, 0.3) is 5.65 Å². The SMILES string of the molecule is C[C@@H](Nc1ccn2ncc(/C(N)=N/O)c2n1)c1cc(F)cc2c1OC(=O)C2. The van der Waals surface area contributed by atoms with Crippen LogP contribution < -0.4 is 15.8 Å². The quantitative estimate of drug-likeness (QED) is 0.159. The number of benzene rings is 1. The average Bonchev–Trinajstić information content (AvgIpc) is 3.22. The summed E-state index contributed by atoms with van der Waals surface area (Å²) in [6.45, 7) is 1.80. The maximum absolute atomic E-state index is 13.9. The monoisotopic (exact) mass is 370 g/mol. The summed E-state index contributed by atoms with van der Waals surface area (Å²) in [6.07, 6.45) is 3.14. The number of carbonyl (C=O) groups is 1. The number of fused-ring (bicyclic) bond motifs is 2. The number of hydrogen-bond donors (Lipinski definition) is 3. The number of nitrogens with one attached hydrogen (secondary N) is 1. The molecule has 27 heavy (non-hydrogen) atoms. The molecule has 0 radical (unpaired) electrons. The summed E-state index contributed by atoms with van der Waals surface area (Å²) in [5.74, 6) is -0.123. The van der Waals surface area contributed by atoms with E-state index >= 15 is 0 Å². The first-order chi connectivity index (χ1) is 13.0. The molecular formula is C17H15FN6O3. The molecule has 0 bridgehead atoms. The molecule has 0 fully saturated rings. The predicted octanol–water partition coefficient (Wildman–Crippen LogP) is 1.60. The van der Waals surface area contributed by atoms with Gasteiger partial charge in [0.2, 0.25) is 0 Å². The third-order valence-corrected chi connectivity index (χ3v) is 4.29. The molecule has 3 aromatic rings. The number of nitrogens with two attached hydrogens (primary N) is 1. The molecule has 4 rings (SSSR count). The molecule has 10 heteroatoms. The minimum Gasteiger partial charge on any atom is -0.426 e. The number of carbonyl (C=O) groups excluding carboxylic acids is 1. The van der Waals surface area contributed by atoms with Crippen LogP contribution in [-0.2, 0) is 11.2 Å². The van der Waals surface area contributed by atoms with Crippen molar-refractivity contribution in [3.05, 3.63) is 53.1 Å². The fourth-order valence-electron chi connectivity index (χ4n) is 3.04. The number of hydrogen-bond acceptors (Lipinski definition) is 7. The van der Waals surface area contributed by atoms with Crippen LogP contribution >= 0.6 is 0 Å². The molecule has 2 aromatic heterocycles. The Morgan fingerprint density at radius 3 is 3.11 bits per heavy atom.